The van der Waals surface area contributed by atoms with E-state index in [0.717, 1.165) is 28.1 Å². The lowest BCUT2D eigenvalue weighted by Crippen LogP contribution is -2.46. The first-order valence-corrected chi connectivity index (χ1v) is 14.7. The normalized spacial score (nSPS) is 16.7. The van der Waals surface area contributed by atoms with E-state index in [1.807, 2.05) is 65.6 Å². The lowest BCUT2D eigenvalue weighted by atomic mass is 9.99. The van der Waals surface area contributed by atoms with Crippen LogP contribution in [-0.2, 0) is 9.59 Å². The minimum Gasteiger partial charge on any atom is -0.376 e. The molecule has 43 heavy (non-hydrogen) atoms. The van der Waals surface area contributed by atoms with Gasteiger partial charge in [-0.1, -0.05) is 87.7 Å². The summed E-state index contributed by atoms with van der Waals surface area (Å²) in [5, 5.41) is 16.2. The molecule has 4 rings (SSSR count). The molecule has 2 N–H and O–H groups in total. The summed E-state index contributed by atoms with van der Waals surface area (Å²) in [6, 6.07) is 27.0. The third kappa shape index (κ3) is 7.72. The van der Waals surface area contributed by atoms with Gasteiger partial charge in [0.15, 0.2) is 0 Å². The van der Waals surface area contributed by atoms with E-state index in [1.165, 1.54) is 0 Å². The van der Waals surface area contributed by atoms with Gasteiger partial charge in [-0.3, -0.25) is 9.59 Å². The Bertz CT molecular complexity index is 1480. The van der Waals surface area contributed by atoms with Crippen molar-refractivity contribution in [2.24, 2.45) is 11.8 Å². The van der Waals surface area contributed by atoms with Crippen LogP contribution in [0.25, 0.3) is 17.2 Å². The fourth-order valence-electron chi connectivity index (χ4n) is 5.56. The number of nitrogens with one attached hydrogen (secondary N) is 2. The number of hydrogen-bond acceptors (Lipinski definition) is 5. The molecule has 0 bridgehead atoms. The van der Waals surface area contributed by atoms with E-state index in [4.69, 9.17) is 0 Å². The van der Waals surface area contributed by atoms with E-state index in [9.17, 15) is 14.9 Å². The maximum Gasteiger partial charge on any atom is 0.242 e. The van der Waals surface area contributed by atoms with Crippen LogP contribution in [0.4, 0.5) is 11.4 Å². The Labute approximate surface area is 255 Å². The third-order valence-electron chi connectivity index (χ3n) is 7.98. The Hall–Kier alpha value is -4.83. The molecule has 1 aliphatic rings. The molecule has 7 heteroatoms. The molecule has 1 fully saturated rings. The molecule has 3 unspecified atom stereocenters. The number of para-hydroxylation sites is 1. The number of carbonyl (C=O) groups excluding carboxylic acids is 2. The number of rotatable bonds is 12. The van der Waals surface area contributed by atoms with Gasteiger partial charge in [-0.05, 0) is 59.7 Å². The summed E-state index contributed by atoms with van der Waals surface area (Å²) < 4.78 is 0. The van der Waals surface area contributed by atoms with E-state index >= 15 is 0 Å². The first kappa shape index (κ1) is 31.1. The fourth-order valence-corrected chi connectivity index (χ4v) is 5.56. The summed E-state index contributed by atoms with van der Waals surface area (Å²) in [5.41, 5.74) is 5.33. The highest BCUT2D eigenvalue weighted by atomic mass is 16.2. The second-order valence-corrected chi connectivity index (χ2v) is 11.5. The minimum absolute atomic E-state index is 0.0910. The molecule has 0 spiro atoms. The number of anilines is 2. The average molecular weight is 576 g/mol. The van der Waals surface area contributed by atoms with Crippen molar-refractivity contribution in [1.29, 1.82) is 5.26 Å². The average Bonchev–Trinajstić information content (AvgIpc) is 3.47. The number of hydrogen-bond donors (Lipinski definition) is 2. The number of benzene rings is 3. The summed E-state index contributed by atoms with van der Waals surface area (Å²) in [4.78, 5) is 30.2. The Morgan fingerprint density at radius 2 is 1.74 bits per heavy atom. The molecule has 0 saturated carbocycles. The highest BCUT2D eigenvalue weighted by Crippen LogP contribution is 2.32. The van der Waals surface area contributed by atoms with Gasteiger partial charge >= 0.3 is 0 Å². The Kier molecular flexibility index (Phi) is 10.4. The van der Waals surface area contributed by atoms with Crippen molar-refractivity contribution in [3.05, 3.63) is 103 Å². The highest BCUT2D eigenvalue weighted by molar-refractivity contribution is 5.93. The number of nitrogens with zero attached hydrogens (tertiary/aromatic N) is 3. The second-order valence-electron chi connectivity index (χ2n) is 11.5. The molecular weight excluding hydrogens is 534 g/mol. The molecule has 1 heterocycles. The van der Waals surface area contributed by atoms with Gasteiger partial charge in [0.25, 0.3) is 0 Å². The van der Waals surface area contributed by atoms with Crippen LogP contribution in [0, 0.1) is 23.2 Å². The third-order valence-corrected chi connectivity index (χ3v) is 7.98. The highest BCUT2D eigenvalue weighted by Gasteiger charge is 2.39. The number of likely N-dealkylation sites (tertiary alicyclic amines) is 1. The number of carbonyl (C=O) groups is 2. The van der Waals surface area contributed by atoms with Crippen molar-refractivity contribution < 1.29 is 9.59 Å². The summed E-state index contributed by atoms with van der Waals surface area (Å²) in [6.45, 7) is 13.0. The molecule has 2 amide bonds. The SMILES string of the molecule is C=Cc1cc(-c2ccccc2)ccc1NCC(=O)N(C)C(CC(C)C)C(=C)N1CC(C(=O)Nc2ccccc2)CC1C#N. The number of amides is 2. The smallest absolute Gasteiger partial charge is 0.242 e. The second kappa shape index (κ2) is 14.4. The molecule has 0 aromatic heterocycles. The first-order valence-electron chi connectivity index (χ1n) is 14.7. The summed E-state index contributed by atoms with van der Waals surface area (Å²) >= 11 is 0. The van der Waals surface area contributed by atoms with Crippen molar-refractivity contribution in [2.75, 3.05) is 30.8 Å². The quantitative estimate of drug-likeness (QED) is 0.253. The predicted molar refractivity (Wildman–Crippen MR) is 175 cm³/mol. The Balaban J connectivity index is 1.44. The standard InChI is InChI=1S/C36H41N5O2/c1-6-27-20-29(28-13-9-7-10-14-28)17-18-33(27)38-23-35(42)40(5)34(19-25(2)3)26(4)41-24-30(21-32(41)22-37)36(43)39-31-15-11-8-12-16-31/h6-18,20,25,30,32,34,38H,1,4,19,21,23-24H2,2-3,5H3,(H,39,43). The zero-order chi connectivity index (χ0) is 30.9. The van der Waals surface area contributed by atoms with Crippen molar-refractivity contribution >= 4 is 29.3 Å². The maximum absolute atomic E-state index is 13.5. The largest absolute Gasteiger partial charge is 0.376 e. The maximum atomic E-state index is 13.5. The van der Waals surface area contributed by atoms with Crippen LogP contribution >= 0.6 is 0 Å². The monoisotopic (exact) mass is 575 g/mol. The lowest BCUT2D eigenvalue weighted by molar-refractivity contribution is -0.130. The van der Waals surface area contributed by atoms with E-state index in [-0.39, 0.29) is 36.2 Å². The van der Waals surface area contributed by atoms with Gasteiger partial charge in [0.2, 0.25) is 11.8 Å². The number of nitriles is 1. The van der Waals surface area contributed by atoms with Crippen molar-refractivity contribution in [2.45, 2.75) is 38.8 Å². The van der Waals surface area contributed by atoms with Crippen LogP contribution in [0.2, 0.25) is 0 Å². The van der Waals surface area contributed by atoms with Crippen LogP contribution in [0.1, 0.15) is 32.3 Å². The molecule has 222 valence electrons. The van der Waals surface area contributed by atoms with E-state index < -0.39 is 6.04 Å². The summed E-state index contributed by atoms with van der Waals surface area (Å²) in [6.07, 6.45) is 2.87. The molecule has 0 aliphatic carbocycles. The molecule has 3 aromatic carbocycles. The van der Waals surface area contributed by atoms with Crippen LogP contribution < -0.4 is 10.6 Å². The Morgan fingerprint density at radius 3 is 2.37 bits per heavy atom. The van der Waals surface area contributed by atoms with Gasteiger partial charge in [-0.2, -0.15) is 5.26 Å². The summed E-state index contributed by atoms with van der Waals surface area (Å²) in [7, 11) is 1.78. The molecule has 1 saturated heterocycles. The first-order chi connectivity index (χ1) is 20.7. The predicted octanol–water partition coefficient (Wildman–Crippen LogP) is 6.65. The van der Waals surface area contributed by atoms with Gasteiger partial charge in [-0.25, -0.2) is 0 Å². The van der Waals surface area contributed by atoms with Gasteiger partial charge in [-0.15, -0.1) is 0 Å². The zero-order valence-electron chi connectivity index (χ0n) is 25.3. The van der Waals surface area contributed by atoms with Crippen LogP contribution in [0.5, 0.6) is 0 Å². The molecule has 3 atom stereocenters. The molecule has 7 nitrogen and oxygen atoms in total. The van der Waals surface area contributed by atoms with Crippen molar-refractivity contribution in [3.63, 3.8) is 0 Å². The van der Waals surface area contributed by atoms with Gasteiger partial charge < -0.3 is 20.4 Å². The molecular formula is C36H41N5O2. The summed E-state index contributed by atoms with van der Waals surface area (Å²) in [5.74, 6) is -0.296. The van der Waals surface area contributed by atoms with Gasteiger partial charge in [0.05, 0.1) is 24.6 Å². The van der Waals surface area contributed by atoms with E-state index in [1.54, 1.807) is 18.0 Å². The lowest BCUT2D eigenvalue weighted by Gasteiger charge is -2.37. The minimum atomic E-state index is -0.492. The topological polar surface area (TPSA) is 88.5 Å². The molecule has 1 aliphatic heterocycles. The molecule has 3 aromatic rings. The molecule has 0 radical (unpaired) electrons. The van der Waals surface area contributed by atoms with Crippen LogP contribution in [0.3, 0.4) is 0 Å². The van der Waals surface area contributed by atoms with E-state index in [2.05, 4.69) is 61.9 Å². The number of likely N-dealkylation sites (N-methyl/N-ethyl adjacent to an activating group) is 1. The zero-order valence-corrected chi connectivity index (χ0v) is 25.3. The van der Waals surface area contributed by atoms with Crippen molar-refractivity contribution in [1.82, 2.24) is 9.80 Å². The van der Waals surface area contributed by atoms with Gasteiger partial charge in [0, 0.05) is 30.7 Å². The van der Waals surface area contributed by atoms with Crippen LogP contribution in [0.15, 0.2) is 97.7 Å². The van der Waals surface area contributed by atoms with Crippen molar-refractivity contribution in [3.8, 4) is 17.2 Å². The van der Waals surface area contributed by atoms with Crippen LogP contribution in [-0.4, -0.2) is 53.8 Å². The van der Waals surface area contributed by atoms with Gasteiger partial charge in [0.1, 0.15) is 6.04 Å². The fraction of sp³-hybridized carbons (Fsp3) is 0.306. The Morgan fingerprint density at radius 1 is 1.07 bits per heavy atom. The van der Waals surface area contributed by atoms with E-state index in [0.29, 0.717) is 25.1 Å².